The average molecular weight is 371 g/mol. The number of aromatic amines is 1. The number of aliphatic hydroxyl groups excluding tert-OH is 1. The molecule has 0 bridgehead atoms. The van der Waals surface area contributed by atoms with Crippen LogP contribution in [0.2, 0.25) is 0 Å². The van der Waals surface area contributed by atoms with Crippen molar-refractivity contribution in [1.29, 1.82) is 0 Å². The highest BCUT2D eigenvalue weighted by Crippen LogP contribution is 2.28. The number of fused-ring (bicyclic) bond motifs is 1. The molecule has 146 valence electrons. The molecule has 1 amide bonds. The van der Waals surface area contributed by atoms with Crippen LogP contribution in [0.25, 0.3) is 10.9 Å². The van der Waals surface area contributed by atoms with Gasteiger partial charge in [0, 0.05) is 37.1 Å². The van der Waals surface area contributed by atoms with Gasteiger partial charge in [0.2, 0.25) is 0 Å². The SMILES string of the molecule is Cc1ccc(C)c2c(C)c(C(=O)N3CCCN([C@@H]4COC[C@H]4O)CC3)[nH]c12. The van der Waals surface area contributed by atoms with Crippen LogP contribution in [0, 0.1) is 20.8 Å². The number of aryl methyl sites for hydroxylation is 3. The number of carbonyl (C=O) groups excluding carboxylic acids is 1. The smallest absolute Gasteiger partial charge is 0.270 e. The first-order valence-corrected chi connectivity index (χ1v) is 9.85. The van der Waals surface area contributed by atoms with Crippen LogP contribution >= 0.6 is 0 Å². The number of H-pyrrole nitrogens is 1. The Bertz CT molecular complexity index is 860. The van der Waals surface area contributed by atoms with Crippen molar-refractivity contribution in [2.24, 2.45) is 0 Å². The fourth-order valence-corrected chi connectivity index (χ4v) is 4.52. The van der Waals surface area contributed by atoms with E-state index in [-0.39, 0.29) is 11.9 Å². The highest BCUT2D eigenvalue weighted by molar-refractivity contribution is 6.02. The van der Waals surface area contributed by atoms with Crippen LogP contribution < -0.4 is 0 Å². The second kappa shape index (κ2) is 7.26. The molecule has 3 heterocycles. The van der Waals surface area contributed by atoms with Crippen LogP contribution in [0.1, 0.15) is 33.6 Å². The van der Waals surface area contributed by atoms with Gasteiger partial charge in [-0.25, -0.2) is 0 Å². The summed E-state index contributed by atoms with van der Waals surface area (Å²) in [5.41, 5.74) is 5.17. The standard InChI is InChI=1S/C21H29N3O3/c1-13-5-6-14(2)19-18(13)15(3)20(22-19)21(26)24-8-4-7-23(9-10-24)16-11-27-12-17(16)25/h5-6,16-17,22,25H,4,7-12H2,1-3H3/t16-,17-/m1/s1. The zero-order chi connectivity index (χ0) is 19.1. The Morgan fingerprint density at radius 2 is 1.89 bits per heavy atom. The number of carbonyl (C=O) groups is 1. The summed E-state index contributed by atoms with van der Waals surface area (Å²) in [7, 11) is 0. The average Bonchev–Trinajstić information content (AvgIpc) is 3.13. The minimum absolute atomic E-state index is 0.0557. The number of nitrogens with zero attached hydrogens (tertiary/aromatic N) is 2. The zero-order valence-corrected chi connectivity index (χ0v) is 16.4. The van der Waals surface area contributed by atoms with Crippen molar-refractivity contribution in [3.63, 3.8) is 0 Å². The highest BCUT2D eigenvalue weighted by atomic mass is 16.5. The molecule has 2 aliphatic heterocycles. The second-order valence-electron chi connectivity index (χ2n) is 7.93. The van der Waals surface area contributed by atoms with E-state index in [0.717, 1.165) is 42.7 Å². The van der Waals surface area contributed by atoms with Crippen LogP contribution in [0.5, 0.6) is 0 Å². The minimum atomic E-state index is -0.422. The number of nitrogens with one attached hydrogen (secondary N) is 1. The fourth-order valence-electron chi connectivity index (χ4n) is 4.52. The Morgan fingerprint density at radius 1 is 1.11 bits per heavy atom. The van der Waals surface area contributed by atoms with Crippen LogP contribution in [0.3, 0.4) is 0 Å². The second-order valence-corrected chi connectivity index (χ2v) is 7.93. The molecule has 2 saturated heterocycles. The number of ether oxygens (including phenoxy) is 1. The molecule has 1 aromatic heterocycles. The van der Waals surface area contributed by atoms with Crippen LogP contribution in [-0.2, 0) is 4.74 Å². The Hall–Kier alpha value is -1.89. The van der Waals surface area contributed by atoms with Crippen molar-refractivity contribution >= 4 is 16.8 Å². The minimum Gasteiger partial charge on any atom is -0.389 e. The Balaban J connectivity index is 1.55. The third-order valence-corrected chi connectivity index (χ3v) is 6.14. The topological polar surface area (TPSA) is 68.8 Å². The maximum absolute atomic E-state index is 13.3. The Kier molecular flexibility index (Phi) is 4.97. The quantitative estimate of drug-likeness (QED) is 0.847. The predicted molar refractivity (Wildman–Crippen MR) is 105 cm³/mol. The molecule has 6 heteroatoms. The number of aromatic nitrogens is 1. The van der Waals surface area contributed by atoms with E-state index in [1.165, 1.54) is 10.9 Å². The summed E-state index contributed by atoms with van der Waals surface area (Å²) in [6.45, 7) is 10.3. The largest absolute Gasteiger partial charge is 0.389 e. The Morgan fingerprint density at radius 3 is 2.59 bits per heavy atom. The lowest BCUT2D eigenvalue weighted by atomic mass is 10.0. The van der Waals surface area contributed by atoms with Gasteiger partial charge in [-0.1, -0.05) is 12.1 Å². The van der Waals surface area contributed by atoms with Gasteiger partial charge in [0.05, 0.1) is 25.4 Å². The lowest BCUT2D eigenvalue weighted by molar-refractivity contribution is 0.0720. The number of hydrogen-bond acceptors (Lipinski definition) is 4. The van der Waals surface area contributed by atoms with E-state index in [2.05, 4.69) is 35.9 Å². The van der Waals surface area contributed by atoms with Gasteiger partial charge in [0.25, 0.3) is 5.91 Å². The molecule has 1 aromatic carbocycles. The third kappa shape index (κ3) is 3.26. The number of amides is 1. The molecule has 27 heavy (non-hydrogen) atoms. The van der Waals surface area contributed by atoms with Gasteiger partial charge in [0.1, 0.15) is 5.69 Å². The van der Waals surface area contributed by atoms with Gasteiger partial charge >= 0.3 is 0 Å². The Labute approximate surface area is 160 Å². The maximum Gasteiger partial charge on any atom is 0.270 e. The molecule has 0 aliphatic carbocycles. The first-order chi connectivity index (χ1) is 13.0. The van der Waals surface area contributed by atoms with Crippen LogP contribution in [0.15, 0.2) is 12.1 Å². The normalized spacial score (nSPS) is 24.5. The van der Waals surface area contributed by atoms with Crippen molar-refractivity contribution < 1.29 is 14.6 Å². The lowest BCUT2D eigenvalue weighted by Gasteiger charge is -2.28. The molecule has 2 fully saturated rings. The van der Waals surface area contributed by atoms with E-state index >= 15 is 0 Å². The van der Waals surface area contributed by atoms with Gasteiger partial charge in [-0.2, -0.15) is 0 Å². The number of rotatable bonds is 2. The van der Waals surface area contributed by atoms with Crippen molar-refractivity contribution in [1.82, 2.24) is 14.8 Å². The summed E-state index contributed by atoms with van der Waals surface area (Å²) in [5.74, 6) is 0.0765. The maximum atomic E-state index is 13.3. The number of aliphatic hydroxyl groups is 1. The molecule has 6 nitrogen and oxygen atoms in total. The molecular weight excluding hydrogens is 342 g/mol. The van der Waals surface area contributed by atoms with Crippen molar-refractivity contribution in [3.8, 4) is 0 Å². The molecular formula is C21H29N3O3. The van der Waals surface area contributed by atoms with E-state index in [4.69, 9.17) is 4.74 Å². The van der Waals surface area contributed by atoms with Gasteiger partial charge in [-0.05, 0) is 43.9 Å². The summed E-state index contributed by atoms with van der Waals surface area (Å²) < 4.78 is 5.40. The highest BCUT2D eigenvalue weighted by Gasteiger charge is 2.33. The first kappa shape index (κ1) is 18.5. The molecule has 2 aromatic rings. The van der Waals surface area contributed by atoms with Crippen molar-refractivity contribution in [3.05, 3.63) is 34.5 Å². The summed E-state index contributed by atoms with van der Waals surface area (Å²) >= 11 is 0. The van der Waals surface area contributed by atoms with Crippen LogP contribution in [-0.4, -0.2) is 77.3 Å². The van der Waals surface area contributed by atoms with Gasteiger partial charge < -0.3 is 19.7 Å². The lowest BCUT2D eigenvalue weighted by Crippen LogP contribution is -2.45. The van der Waals surface area contributed by atoms with Gasteiger partial charge in [-0.3, -0.25) is 9.69 Å². The fraction of sp³-hybridized carbons (Fsp3) is 0.571. The summed E-state index contributed by atoms with van der Waals surface area (Å²) in [6.07, 6.45) is 0.487. The van der Waals surface area contributed by atoms with E-state index in [1.807, 2.05) is 11.8 Å². The molecule has 2 atom stereocenters. The van der Waals surface area contributed by atoms with E-state index in [9.17, 15) is 9.90 Å². The van der Waals surface area contributed by atoms with Gasteiger partial charge in [0.15, 0.2) is 0 Å². The molecule has 0 unspecified atom stereocenters. The predicted octanol–water partition coefficient (Wildman–Crippen LogP) is 2.00. The van der Waals surface area contributed by atoms with E-state index in [0.29, 0.717) is 25.5 Å². The summed E-state index contributed by atoms with van der Waals surface area (Å²) in [5, 5.41) is 11.3. The molecule has 2 N–H and O–H groups in total. The van der Waals surface area contributed by atoms with E-state index < -0.39 is 6.10 Å². The van der Waals surface area contributed by atoms with Crippen LogP contribution in [0.4, 0.5) is 0 Å². The number of benzene rings is 1. The van der Waals surface area contributed by atoms with Gasteiger partial charge in [-0.15, -0.1) is 0 Å². The van der Waals surface area contributed by atoms with Crippen molar-refractivity contribution in [2.45, 2.75) is 39.3 Å². The molecule has 0 spiro atoms. The summed E-state index contributed by atoms with van der Waals surface area (Å²) in [6, 6.07) is 4.27. The molecule has 0 radical (unpaired) electrons. The number of hydrogen-bond donors (Lipinski definition) is 2. The van der Waals surface area contributed by atoms with E-state index in [1.54, 1.807) is 0 Å². The zero-order valence-electron chi connectivity index (χ0n) is 16.4. The molecule has 2 aliphatic rings. The summed E-state index contributed by atoms with van der Waals surface area (Å²) in [4.78, 5) is 20.9. The first-order valence-electron chi connectivity index (χ1n) is 9.85. The monoisotopic (exact) mass is 371 g/mol. The van der Waals surface area contributed by atoms with Crippen molar-refractivity contribution in [2.75, 3.05) is 39.4 Å². The third-order valence-electron chi connectivity index (χ3n) is 6.14. The molecule has 0 saturated carbocycles. The molecule has 4 rings (SSSR count).